The molecule has 0 spiro atoms. The Bertz CT molecular complexity index is 425. The van der Waals surface area contributed by atoms with Gasteiger partial charge in [0.2, 0.25) is 0 Å². The number of carbonyl (C=O) groups excluding carboxylic acids is 1. The fraction of sp³-hybridized carbons (Fsp3) is 0. The Morgan fingerprint density at radius 2 is 1.86 bits per heavy atom. The van der Waals surface area contributed by atoms with Crippen LogP contribution in [0.5, 0.6) is 0 Å². The largest absolute Gasteiger partial charge is 0.359 e. The summed E-state index contributed by atoms with van der Waals surface area (Å²) in [5, 5.41) is -0.294. The molecule has 14 heavy (non-hydrogen) atoms. The maximum atomic E-state index is 12.9. The Kier molecular flexibility index (Phi) is 3.34. The van der Waals surface area contributed by atoms with E-state index in [0.717, 1.165) is 0 Å². The highest BCUT2D eigenvalue weighted by Gasteiger charge is 2.05. The molecule has 5 heteroatoms. The molecule has 2 N–H and O–H groups in total. The fourth-order valence-corrected chi connectivity index (χ4v) is 1.25. The van der Waals surface area contributed by atoms with Crippen molar-refractivity contribution >= 4 is 29.1 Å². The van der Waals surface area contributed by atoms with Gasteiger partial charge >= 0.3 is 0 Å². The van der Waals surface area contributed by atoms with Crippen LogP contribution in [0.1, 0.15) is 5.56 Å². The molecule has 0 fully saturated rings. The van der Waals surface area contributed by atoms with Crippen LogP contribution in [-0.4, -0.2) is 5.91 Å². The topological polar surface area (TPSA) is 43.1 Å². The second-order valence-corrected chi connectivity index (χ2v) is 3.18. The third-order valence-electron chi connectivity index (χ3n) is 1.31. The standard InChI is InChI=1S/C9H4Cl2FNO/c10-6-3-5(1-2-8(13)14)4-7(11)9(6)12/h3-4H,(H2,13,14). The summed E-state index contributed by atoms with van der Waals surface area (Å²) >= 11 is 11.0. The molecule has 2 nitrogen and oxygen atoms in total. The van der Waals surface area contributed by atoms with Crippen molar-refractivity contribution in [2.45, 2.75) is 0 Å². The van der Waals surface area contributed by atoms with Crippen LogP contribution in [0.2, 0.25) is 10.0 Å². The van der Waals surface area contributed by atoms with E-state index in [-0.39, 0.29) is 10.0 Å². The number of rotatable bonds is 0. The molecule has 0 unspecified atom stereocenters. The van der Waals surface area contributed by atoms with Crippen LogP contribution in [0.4, 0.5) is 4.39 Å². The molecule has 0 radical (unpaired) electrons. The van der Waals surface area contributed by atoms with E-state index in [1.54, 1.807) is 0 Å². The van der Waals surface area contributed by atoms with Crippen LogP contribution in [0, 0.1) is 17.7 Å². The van der Waals surface area contributed by atoms with E-state index in [9.17, 15) is 9.18 Å². The van der Waals surface area contributed by atoms with Crippen molar-refractivity contribution in [1.82, 2.24) is 0 Å². The van der Waals surface area contributed by atoms with Gasteiger partial charge in [0.1, 0.15) is 0 Å². The van der Waals surface area contributed by atoms with Gasteiger partial charge in [-0.2, -0.15) is 0 Å². The van der Waals surface area contributed by atoms with E-state index < -0.39 is 11.7 Å². The number of halogens is 3. The number of primary amides is 1. The average Bonchev–Trinajstić information content (AvgIpc) is 2.10. The van der Waals surface area contributed by atoms with Gasteiger partial charge in [-0.25, -0.2) is 4.39 Å². The molecule has 1 rings (SSSR count). The molecular formula is C9H4Cl2FNO. The highest BCUT2D eigenvalue weighted by molar-refractivity contribution is 6.35. The molecule has 0 aliphatic heterocycles. The minimum atomic E-state index is -0.776. The average molecular weight is 232 g/mol. The lowest BCUT2D eigenvalue weighted by Gasteiger charge is -1.97. The van der Waals surface area contributed by atoms with E-state index in [4.69, 9.17) is 28.9 Å². The van der Waals surface area contributed by atoms with Gasteiger partial charge in [-0.3, -0.25) is 4.79 Å². The molecular weight excluding hydrogens is 228 g/mol. The Morgan fingerprint density at radius 1 is 1.36 bits per heavy atom. The van der Waals surface area contributed by atoms with Crippen molar-refractivity contribution in [1.29, 1.82) is 0 Å². The molecule has 0 bridgehead atoms. The fourth-order valence-electron chi connectivity index (χ4n) is 0.761. The van der Waals surface area contributed by atoms with Crippen molar-refractivity contribution in [2.75, 3.05) is 0 Å². The van der Waals surface area contributed by atoms with Gasteiger partial charge in [-0.15, -0.1) is 0 Å². The lowest BCUT2D eigenvalue weighted by Crippen LogP contribution is -2.06. The molecule has 0 saturated heterocycles. The van der Waals surface area contributed by atoms with Gasteiger partial charge < -0.3 is 5.73 Å². The van der Waals surface area contributed by atoms with E-state index in [1.807, 2.05) is 0 Å². The van der Waals surface area contributed by atoms with Crippen molar-refractivity contribution in [3.63, 3.8) is 0 Å². The zero-order chi connectivity index (χ0) is 10.7. The van der Waals surface area contributed by atoms with Crippen molar-refractivity contribution < 1.29 is 9.18 Å². The Hall–Kier alpha value is -1.24. The van der Waals surface area contributed by atoms with Crippen molar-refractivity contribution in [3.8, 4) is 11.8 Å². The number of carbonyl (C=O) groups is 1. The smallest absolute Gasteiger partial charge is 0.293 e. The molecule has 0 aliphatic carbocycles. The highest BCUT2D eigenvalue weighted by atomic mass is 35.5. The summed E-state index contributed by atoms with van der Waals surface area (Å²) in [5.74, 6) is 2.99. The van der Waals surface area contributed by atoms with Gasteiger partial charge in [0.15, 0.2) is 5.82 Å². The lowest BCUT2D eigenvalue weighted by atomic mass is 10.2. The summed E-state index contributed by atoms with van der Waals surface area (Å²) in [4.78, 5) is 10.3. The number of nitrogens with two attached hydrogens (primary N) is 1. The molecule has 0 atom stereocenters. The number of amides is 1. The Labute approximate surface area is 89.8 Å². The minimum Gasteiger partial charge on any atom is -0.359 e. The number of hydrogen-bond donors (Lipinski definition) is 1. The summed E-state index contributed by atoms with van der Waals surface area (Å²) in [6.45, 7) is 0. The van der Waals surface area contributed by atoms with Gasteiger partial charge in [-0.05, 0) is 18.1 Å². The molecule has 0 aliphatic rings. The first-order valence-electron chi connectivity index (χ1n) is 3.46. The third-order valence-corrected chi connectivity index (χ3v) is 1.86. The van der Waals surface area contributed by atoms with E-state index in [1.165, 1.54) is 12.1 Å². The van der Waals surface area contributed by atoms with Crippen LogP contribution < -0.4 is 5.73 Å². The van der Waals surface area contributed by atoms with Gasteiger partial charge in [0.25, 0.3) is 5.91 Å². The van der Waals surface area contributed by atoms with Crippen LogP contribution in [-0.2, 0) is 4.79 Å². The predicted molar refractivity (Wildman–Crippen MR) is 52.5 cm³/mol. The molecule has 72 valence electrons. The van der Waals surface area contributed by atoms with Crippen molar-refractivity contribution in [3.05, 3.63) is 33.6 Å². The maximum absolute atomic E-state index is 12.9. The molecule has 1 aromatic rings. The van der Waals surface area contributed by atoms with Crippen LogP contribution >= 0.6 is 23.2 Å². The van der Waals surface area contributed by atoms with E-state index in [0.29, 0.717) is 5.56 Å². The normalized spacial score (nSPS) is 9.07. The molecule has 0 saturated carbocycles. The van der Waals surface area contributed by atoms with E-state index in [2.05, 4.69) is 11.8 Å². The summed E-state index contributed by atoms with van der Waals surface area (Å²) in [6.07, 6.45) is 0. The lowest BCUT2D eigenvalue weighted by molar-refractivity contribution is -0.112. The summed E-state index contributed by atoms with van der Waals surface area (Å²) < 4.78 is 12.9. The third kappa shape index (κ3) is 2.63. The predicted octanol–water partition coefficient (Wildman–Crippen LogP) is 1.97. The van der Waals surface area contributed by atoms with Crippen LogP contribution in [0.3, 0.4) is 0 Å². The SMILES string of the molecule is NC(=O)C#Cc1cc(Cl)c(F)c(Cl)c1. The monoisotopic (exact) mass is 231 g/mol. The minimum absolute atomic E-state index is 0.147. The first-order valence-corrected chi connectivity index (χ1v) is 4.22. The first-order chi connectivity index (χ1) is 6.50. The maximum Gasteiger partial charge on any atom is 0.293 e. The van der Waals surface area contributed by atoms with Crippen LogP contribution in [0.25, 0.3) is 0 Å². The van der Waals surface area contributed by atoms with Gasteiger partial charge in [-0.1, -0.05) is 29.1 Å². The van der Waals surface area contributed by atoms with Crippen LogP contribution in [0.15, 0.2) is 12.1 Å². The van der Waals surface area contributed by atoms with E-state index >= 15 is 0 Å². The summed E-state index contributed by atoms with van der Waals surface area (Å²) in [6, 6.07) is 2.53. The van der Waals surface area contributed by atoms with Gasteiger partial charge in [0, 0.05) is 5.56 Å². The zero-order valence-electron chi connectivity index (χ0n) is 6.77. The molecule has 1 amide bonds. The first kappa shape index (κ1) is 10.8. The van der Waals surface area contributed by atoms with Gasteiger partial charge in [0.05, 0.1) is 10.0 Å². The zero-order valence-corrected chi connectivity index (χ0v) is 8.29. The molecule has 0 aromatic heterocycles. The molecule has 1 aromatic carbocycles. The highest BCUT2D eigenvalue weighted by Crippen LogP contribution is 2.24. The summed E-state index contributed by atoms with van der Waals surface area (Å²) in [5.41, 5.74) is 5.13. The number of benzene rings is 1. The quantitative estimate of drug-likeness (QED) is 0.539. The second-order valence-electron chi connectivity index (χ2n) is 2.37. The summed E-state index contributed by atoms with van der Waals surface area (Å²) in [7, 11) is 0. The Balaban J connectivity index is 3.15. The van der Waals surface area contributed by atoms with Crippen molar-refractivity contribution in [2.24, 2.45) is 5.73 Å². The Morgan fingerprint density at radius 3 is 2.29 bits per heavy atom. The second kappa shape index (κ2) is 4.32. The molecule has 0 heterocycles. The number of hydrogen-bond acceptors (Lipinski definition) is 1.